The summed E-state index contributed by atoms with van der Waals surface area (Å²) >= 11 is 0. The van der Waals surface area contributed by atoms with Gasteiger partial charge in [0.15, 0.2) is 0 Å². The van der Waals surface area contributed by atoms with Crippen molar-refractivity contribution in [3.8, 4) is 17.2 Å². The van der Waals surface area contributed by atoms with Gasteiger partial charge >= 0.3 is 0 Å². The fourth-order valence-electron chi connectivity index (χ4n) is 7.89. The normalized spacial score (nSPS) is 14.9. The second-order valence-electron chi connectivity index (χ2n) is 18.2. The van der Waals surface area contributed by atoms with Crippen LogP contribution in [-0.2, 0) is 22.2 Å². The van der Waals surface area contributed by atoms with Gasteiger partial charge < -0.3 is 29.2 Å². The molecule has 0 saturated carbocycles. The number of rotatable bonds is 31. The number of benzene rings is 4. The van der Waals surface area contributed by atoms with Gasteiger partial charge in [-0.1, -0.05) is 158 Å². The number of aryl methyl sites for hydroxylation is 1. The van der Waals surface area contributed by atoms with Gasteiger partial charge in [0.05, 0.1) is 18.3 Å². The van der Waals surface area contributed by atoms with E-state index in [4.69, 9.17) is 18.9 Å². The lowest BCUT2D eigenvalue weighted by molar-refractivity contribution is -0.0836. The van der Waals surface area contributed by atoms with Crippen LogP contribution in [0.4, 0.5) is 0 Å². The highest BCUT2D eigenvalue weighted by Crippen LogP contribution is 2.36. The van der Waals surface area contributed by atoms with Crippen LogP contribution in [0.15, 0.2) is 115 Å². The molecule has 4 aromatic carbocycles. The maximum Gasteiger partial charge on any atom is 0.120 e. The van der Waals surface area contributed by atoms with Gasteiger partial charge in [0.2, 0.25) is 0 Å². The van der Waals surface area contributed by atoms with Crippen molar-refractivity contribution in [1.29, 1.82) is 0 Å². The van der Waals surface area contributed by atoms with Gasteiger partial charge in [0, 0.05) is 11.8 Å². The quantitative estimate of drug-likeness (QED) is 0.0388. The van der Waals surface area contributed by atoms with Gasteiger partial charge in [-0.15, -0.1) is 0 Å². The van der Waals surface area contributed by atoms with Crippen LogP contribution in [0.3, 0.4) is 0 Å². The van der Waals surface area contributed by atoms with Crippen LogP contribution >= 0.6 is 0 Å². The Morgan fingerprint density at radius 2 is 1.10 bits per heavy atom. The van der Waals surface area contributed by atoms with Crippen LogP contribution in [0.2, 0.25) is 0 Å². The Labute approximate surface area is 376 Å². The third-order valence-corrected chi connectivity index (χ3v) is 12.6. The Balaban J connectivity index is 1.20. The van der Waals surface area contributed by atoms with E-state index in [9.17, 15) is 10.2 Å². The highest BCUT2D eigenvalue weighted by Gasteiger charge is 2.31. The van der Waals surface area contributed by atoms with E-state index < -0.39 is 23.4 Å². The van der Waals surface area contributed by atoms with E-state index in [0.717, 1.165) is 42.1 Å². The van der Waals surface area contributed by atoms with Gasteiger partial charge in [-0.3, -0.25) is 0 Å². The molecule has 0 aromatic heterocycles. The molecular formula is C56H80O6. The fraction of sp³-hybridized carbons (Fsp3) is 0.536. The molecule has 62 heavy (non-hydrogen) atoms. The van der Waals surface area contributed by atoms with Crippen LogP contribution in [0.25, 0.3) is 0 Å². The molecule has 0 aliphatic heterocycles. The maximum absolute atomic E-state index is 11.1. The van der Waals surface area contributed by atoms with E-state index in [-0.39, 0.29) is 25.2 Å². The molecule has 4 unspecified atom stereocenters. The molecule has 4 rings (SSSR count). The van der Waals surface area contributed by atoms with Gasteiger partial charge in [0.1, 0.15) is 42.2 Å². The van der Waals surface area contributed by atoms with E-state index in [0.29, 0.717) is 6.42 Å². The van der Waals surface area contributed by atoms with Crippen molar-refractivity contribution >= 4 is 0 Å². The van der Waals surface area contributed by atoms with Crippen LogP contribution in [-0.4, -0.2) is 47.8 Å². The lowest BCUT2D eigenvalue weighted by Gasteiger charge is -2.33. The third-order valence-electron chi connectivity index (χ3n) is 12.6. The van der Waals surface area contributed by atoms with E-state index in [1.165, 1.54) is 87.3 Å². The van der Waals surface area contributed by atoms with Crippen LogP contribution in [0, 0.1) is 0 Å². The Kier molecular flexibility index (Phi) is 21.6. The number of hydrogen-bond acceptors (Lipinski definition) is 6. The average Bonchev–Trinajstić information content (AvgIpc) is 3.29. The van der Waals surface area contributed by atoms with Gasteiger partial charge in [0.25, 0.3) is 0 Å². The largest absolute Gasteiger partial charge is 0.491 e. The van der Waals surface area contributed by atoms with Crippen molar-refractivity contribution in [3.05, 3.63) is 138 Å². The lowest BCUT2D eigenvalue weighted by atomic mass is 9.77. The number of hydrogen-bond donors (Lipinski definition) is 2. The van der Waals surface area contributed by atoms with E-state index in [1.54, 1.807) is 0 Å². The summed E-state index contributed by atoms with van der Waals surface area (Å²) in [6.07, 6.45) is 20.5. The topological polar surface area (TPSA) is 77.4 Å². The van der Waals surface area contributed by atoms with E-state index in [2.05, 4.69) is 115 Å². The first-order valence-corrected chi connectivity index (χ1v) is 23.8. The minimum absolute atomic E-state index is 0.170. The minimum atomic E-state index is -0.740. The molecule has 0 aliphatic rings. The van der Waals surface area contributed by atoms with Crippen LogP contribution < -0.4 is 14.2 Å². The molecule has 2 N–H and O–H groups in total. The monoisotopic (exact) mass is 849 g/mol. The van der Waals surface area contributed by atoms with Crippen molar-refractivity contribution in [2.75, 3.05) is 19.8 Å². The molecule has 4 aromatic rings. The molecule has 0 aliphatic carbocycles. The van der Waals surface area contributed by atoms with Gasteiger partial charge in [-0.05, 0) is 117 Å². The first-order valence-electron chi connectivity index (χ1n) is 23.8. The zero-order chi connectivity index (χ0) is 44.7. The fourth-order valence-corrected chi connectivity index (χ4v) is 7.89. The summed E-state index contributed by atoms with van der Waals surface area (Å²) in [5.74, 6) is 2.32. The number of ether oxygens (including phenoxy) is 4. The third kappa shape index (κ3) is 17.2. The van der Waals surface area contributed by atoms with Gasteiger partial charge in [-0.25, -0.2) is 0 Å². The van der Waals surface area contributed by atoms with Crippen LogP contribution in [0.5, 0.6) is 17.2 Å². The predicted molar refractivity (Wildman–Crippen MR) is 258 cm³/mol. The number of aliphatic hydroxyl groups excluding tert-OH is 2. The molecule has 6 heteroatoms. The summed E-state index contributed by atoms with van der Waals surface area (Å²) in [7, 11) is 0. The number of unbranched alkanes of at least 4 members (excludes halogenated alkanes) is 9. The van der Waals surface area contributed by atoms with Crippen LogP contribution in [0.1, 0.15) is 161 Å². The molecule has 4 atom stereocenters. The van der Waals surface area contributed by atoms with E-state index >= 15 is 0 Å². The number of para-hydroxylation sites is 1. The highest BCUT2D eigenvalue weighted by molar-refractivity contribution is 5.42. The summed E-state index contributed by atoms with van der Waals surface area (Å²) in [6.45, 7) is 15.6. The van der Waals surface area contributed by atoms with E-state index in [1.807, 2.05) is 48.5 Å². The first kappa shape index (κ1) is 50.5. The Bertz CT molecular complexity index is 1820. The number of aliphatic hydroxyl groups is 2. The van der Waals surface area contributed by atoms with Crippen molar-refractivity contribution in [3.63, 3.8) is 0 Å². The number of allylic oxidation sites excluding steroid dienone is 2. The lowest BCUT2D eigenvalue weighted by Crippen LogP contribution is -2.37. The van der Waals surface area contributed by atoms with Crippen molar-refractivity contribution in [2.24, 2.45) is 0 Å². The zero-order valence-electron chi connectivity index (χ0n) is 39.4. The summed E-state index contributed by atoms with van der Waals surface area (Å²) in [4.78, 5) is 0. The highest BCUT2D eigenvalue weighted by atomic mass is 16.5. The Morgan fingerprint density at radius 3 is 1.74 bits per heavy atom. The standard InChI is InChI=1S/C56H80O6/c1-8-11-12-13-14-15-16-17-18-19-20-21-23-27-45-28-26-31-53(40-45)60-42-49(57)41-55(6,9-2)62-52-38-36-47(37-39-52)54(4,5)46-32-34-48(35-33-46)56(7,10-3)61-44-50(58)43-59-51-29-24-22-25-30-51/h13-14,22,24-26,28-40,49-50,57-58H,8-12,15-21,23,27,41-44H2,1-7H3/b14-13+. The Hall–Kier alpha value is -4.10. The predicted octanol–water partition coefficient (Wildman–Crippen LogP) is 13.9. The first-order chi connectivity index (χ1) is 29.9. The maximum atomic E-state index is 11.1. The molecule has 6 nitrogen and oxygen atoms in total. The molecule has 340 valence electrons. The molecule has 0 bridgehead atoms. The molecule has 0 amide bonds. The summed E-state index contributed by atoms with van der Waals surface area (Å²) < 4.78 is 24.7. The smallest absolute Gasteiger partial charge is 0.120 e. The SMILES string of the molecule is CCCC/C=C/CCCCCCCCCc1cccc(OCC(O)CC(C)(CC)Oc2ccc(C(C)(C)c3ccc(C(C)(CC)OCC(O)COc4ccccc4)cc3)cc2)c1. The molecule has 0 heterocycles. The second-order valence-corrected chi connectivity index (χ2v) is 18.2. The zero-order valence-corrected chi connectivity index (χ0v) is 39.4. The summed E-state index contributed by atoms with van der Waals surface area (Å²) in [6, 6.07) is 34.9. The molecule has 0 spiro atoms. The summed E-state index contributed by atoms with van der Waals surface area (Å²) in [5.41, 5.74) is 3.37. The minimum Gasteiger partial charge on any atom is -0.491 e. The van der Waals surface area contributed by atoms with Crippen molar-refractivity contribution < 1.29 is 29.2 Å². The molecule has 0 saturated heterocycles. The molecular weight excluding hydrogens is 769 g/mol. The summed E-state index contributed by atoms with van der Waals surface area (Å²) in [5, 5.41) is 21.7. The van der Waals surface area contributed by atoms with Crippen molar-refractivity contribution in [2.45, 2.75) is 174 Å². The van der Waals surface area contributed by atoms with Crippen molar-refractivity contribution in [1.82, 2.24) is 0 Å². The Morgan fingerprint density at radius 1 is 0.532 bits per heavy atom. The second kappa shape index (κ2) is 26.5. The van der Waals surface area contributed by atoms with Gasteiger partial charge in [-0.2, -0.15) is 0 Å². The molecule has 0 fully saturated rings. The average molecular weight is 849 g/mol. The molecule has 0 radical (unpaired) electrons.